The summed E-state index contributed by atoms with van der Waals surface area (Å²) in [5, 5.41) is 13.5. The topological polar surface area (TPSA) is 92.2 Å². The van der Waals surface area contributed by atoms with Gasteiger partial charge in [-0.2, -0.15) is 0 Å². The lowest BCUT2D eigenvalue weighted by molar-refractivity contribution is -0.121. The van der Waals surface area contributed by atoms with E-state index in [1.807, 2.05) is 18.2 Å². The van der Waals surface area contributed by atoms with Gasteiger partial charge in [-0.15, -0.1) is 11.3 Å². The second-order valence-electron chi connectivity index (χ2n) is 4.03. The lowest BCUT2D eigenvalue weighted by Gasteiger charge is -2.02. The zero-order valence-corrected chi connectivity index (χ0v) is 11.4. The number of hydrogen-bond donors (Lipinski definition) is 2. The van der Waals surface area contributed by atoms with E-state index in [9.17, 15) is 9.59 Å². The van der Waals surface area contributed by atoms with Crippen LogP contribution in [0.25, 0.3) is 0 Å². The summed E-state index contributed by atoms with van der Waals surface area (Å²) in [7, 11) is 0. The maximum absolute atomic E-state index is 11.7. The van der Waals surface area contributed by atoms with Gasteiger partial charge in [0.05, 0.1) is 6.54 Å². The third-order valence-electron chi connectivity index (χ3n) is 2.54. The second kappa shape index (κ2) is 6.76. The first kappa shape index (κ1) is 14.1. The summed E-state index contributed by atoms with van der Waals surface area (Å²) in [4.78, 5) is 30.3. The van der Waals surface area contributed by atoms with E-state index < -0.39 is 5.97 Å². The predicted molar refractivity (Wildman–Crippen MR) is 73.5 cm³/mol. The van der Waals surface area contributed by atoms with E-state index in [1.165, 1.54) is 16.7 Å². The van der Waals surface area contributed by atoms with Crippen LogP contribution in [0.4, 0.5) is 0 Å². The molecule has 0 radical (unpaired) electrons. The highest BCUT2D eigenvalue weighted by atomic mass is 32.1. The van der Waals surface area contributed by atoms with E-state index in [0.717, 1.165) is 5.69 Å². The van der Waals surface area contributed by atoms with Crippen molar-refractivity contribution < 1.29 is 14.7 Å². The molecule has 0 bridgehead atoms. The number of aromatic carboxylic acids is 1. The normalized spacial score (nSPS) is 10.2. The van der Waals surface area contributed by atoms with E-state index in [0.29, 0.717) is 17.8 Å². The number of carbonyl (C=O) groups is 2. The predicted octanol–water partition coefficient (Wildman–Crippen LogP) is 1.49. The van der Waals surface area contributed by atoms with Crippen molar-refractivity contribution in [2.24, 2.45) is 0 Å². The first-order valence-electron chi connectivity index (χ1n) is 5.99. The molecule has 0 aliphatic rings. The number of carboxylic acid groups (broad SMARTS) is 1. The summed E-state index contributed by atoms with van der Waals surface area (Å²) < 4.78 is 0. The number of nitrogens with zero attached hydrogens (tertiary/aromatic N) is 2. The Hall–Kier alpha value is -2.28. The molecule has 2 N–H and O–H groups in total. The fourth-order valence-electron chi connectivity index (χ4n) is 1.54. The molecule has 2 heterocycles. The number of carboxylic acids is 1. The van der Waals surface area contributed by atoms with E-state index >= 15 is 0 Å². The number of aryl methyl sites for hydroxylation is 1. The molecular weight excluding hydrogens is 278 g/mol. The highest BCUT2D eigenvalue weighted by Crippen LogP contribution is 2.09. The van der Waals surface area contributed by atoms with E-state index in [1.54, 1.807) is 6.20 Å². The quantitative estimate of drug-likeness (QED) is 0.841. The Bertz CT molecular complexity index is 598. The maximum Gasteiger partial charge on any atom is 0.355 e. The molecule has 0 unspecified atom stereocenters. The summed E-state index contributed by atoms with van der Waals surface area (Å²) in [5.41, 5.74) is 0.873. The van der Waals surface area contributed by atoms with Gasteiger partial charge in [0.15, 0.2) is 5.69 Å². The molecule has 104 valence electrons. The molecule has 0 aliphatic carbocycles. The van der Waals surface area contributed by atoms with Gasteiger partial charge in [-0.25, -0.2) is 9.78 Å². The van der Waals surface area contributed by atoms with Gasteiger partial charge < -0.3 is 10.4 Å². The van der Waals surface area contributed by atoms with Gasteiger partial charge >= 0.3 is 5.97 Å². The fraction of sp³-hybridized carbons (Fsp3) is 0.231. The largest absolute Gasteiger partial charge is 0.476 e. The van der Waals surface area contributed by atoms with Crippen molar-refractivity contribution in [3.8, 4) is 0 Å². The van der Waals surface area contributed by atoms with Gasteiger partial charge in [-0.3, -0.25) is 9.78 Å². The van der Waals surface area contributed by atoms with Crippen molar-refractivity contribution in [3.63, 3.8) is 0 Å². The third-order valence-corrected chi connectivity index (χ3v) is 3.39. The average Bonchev–Trinajstić information content (AvgIpc) is 2.93. The van der Waals surface area contributed by atoms with Crippen molar-refractivity contribution in [2.75, 3.05) is 0 Å². The number of hydrogen-bond acceptors (Lipinski definition) is 5. The first-order chi connectivity index (χ1) is 9.65. The highest BCUT2D eigenvalue weighted by molar-refractivity contribution is 7.09. The van der Waals surface area contributed by atoms with Crippen molar-refractivity contribution in [2.45, 2.75) is 19.4 Å². The summed E-state index contributed by atoms with van der Waals surface area (Å²) in [6.07, 6.45) is 2.61. The highest BCUT2D eigenvalue weighted by Gasteiger charge is 2.09. The first-order valence-corrected chi connectivity index (χ1v) is 6.87. The summed E-state index contributed by atoms with van der Waals surface area (Å²) in [5.74, 6) is -1.17. The molecule has 2 aromatic rings. The third kappa shape index (κ3) is 4.13. The van der Waals surface area contributed by atoms with Crippen LogP contribution in [0.3, 0.4) is 0 Å². The van der Waals surface area contributed by atoms with Crippen LogP contribution in [0.2, 0.25) is 0 Å². The maximum atomic E-state index is 11.7. The van der Waals surface area contributed by atoms with Crippen LogP contribution in [0.1, 0.15) is 27.6 Å². The molecule has 6 nitrogen and oxygen atoms in total. The number of aromatic nitrogens is 2. The molecule has 1 amide bonds. The molecule has 0 saturated carbocycles. The van der Waals surface area contributed by atoms with E-state index in [4.69, 9.17) is 5.11 Å². The fourth-order valence-corrected chi connectivity index (χ4v) is 2.25. The number of carbonyl (C=O) groups excluding carboxylic acids is 1. The molecule has 0 spiro atoms. The van der Waals surface area contributed by atoms with Gasteiger partial charge in [0.2, 0.25) is 5.91 Å². The standard InChI is InChI=1S/C13H13N3O3S/c17-11(5-4-9-3-1-2-6-14-9)15-7-12-16-10(8-20-12)13(18)19/h1-3,6,8H,4-5,7H2,(H,15,17)(H,18,19). The monoisotopic (exact) mass is 291 g/mol. The van der Waals surface area contributed by atoms with Crippen molar-refractivity contribution >= 4 is 23.2 Å². The zero-order valence-electron chi connectivity index (χ0n) is 10.6. The minimum Gasteiger partial charge on any atom is -0.476 e. The van der Waals surface area contributed by atoms with Crippen molar-refractivity contribution in [3.05, 3.63) is 46.2 Å². The van der Waals surface area contributed by atoms with Gasteiger partial charge in [0.1, 0.15) is 5.01 Å². The van der Waals surface area contributed by atoms with Crippen LogP contribution in [0, 0.1) is 0 Å². The summed E-state index contributed by atoms with van der Waals surface area (Å²) in [6, 6.07) is 5.57. The van der Waals surface area contributed by atoms with Crippen LogP contribution in [-0.4, -0.2) is 27.0 Å². The second-order valence-corrected chi connectivity index (χ2v) is 4.97. The van der Waals surface area contributed by atoms with Crippen molar-refractivity contribution in [1.82, 2.24) is 15.3 Å². The van der Waals surface area contributed by atoms with Gasteiger partial charge in [-0.1, -0.05) is 6.07 Å². The number of amides is 1. The lowest BCUT2D eigenvalue weighted by atomic mass is 10.2. The van der Waals surface area contributed by atoms with Gasteiger partial charge in [-0.05, 0) is 18.6 Å². The molecule has 0 fully saturated rings. The molecule has 7 heteroatoms. The molecular formula is C13H13N3O3S. The summed E-state index contributed by atoms with van der Waals surface area (Å²) in [6.45, 7) is 0.249. The lowest BCUT2D eigenvalue weighted by Crippen LogP contribution is -2.23. The smallest absolute Gasteiger partial charge is 0.355 e. The summed E-state index contributed by atoms with van der Waals surface area (Å²) >= 11 is 1.22. The SMILES string of the molecule is O=C(CCc1ccccn1)NCc1nc(C(=O)O)cs1. The number of nitrogens with one attached hydrogen (secondary N) is 1. The molecule has 20 heavy (non-hydrogen) atoms. The number of pyridine rings is 1. The average molecular weight is 291 g/mol. The van der Waals surface area contributed by atoms with Crippen LogP contribution < -0.4 is 5.32 Å². The Morgan fingerprint density at radius 2 is 2.20 bits per heavy atom. The van der Waals surface area contributed by atoms with Crippen LogP contribution in [0.15, 0.2) is 29.8 Å². The molecule has 2 aromatic heterocycles. The van der Waals surface area contributed by atoms with E-state index in [-0.39, 0.29) is 18.1 Å². The Morgan fingerprint density at radius 3 is 2.85 bits per heavy atom. The van der Waals surface area contributed by atoms with E-state index in [2.05, 4.69) is 15.3 Å². The Balaban J connectivity index is 1.76. The molecule has 0 aromatic carbocycles. The van der Waals surface area contributed by atoms with Crippen LogP contribution >= 0.6 is 11.3 Å². The zero-order chi connectivity index (χ0) is 14.4. The van der Waals surface area contributed by atoms with Crippen molar-refractivity contribution in [1.29, 1.82) is 0 Å². The minimum absolute atomic E-state index is 0.00716. The number of rotatable bonds is 6. The molecule has 2 rings (SSSR count). The van der Waals surface area contributed by atoms with Gasteiger partial charge in [0.25, 0.3) is 0 Å². The van der Waals surface area contributed by atoms with Crippen LogP contribution in [0.5, 0.6) is 0 Å². The Labute approximate surface area is 119 Å². The van der Waals surface area contributed by atoms with Crippen LogP contribution in [-0.2, 0) is 17.8 Å². The Kier molecular flexibility index (Phi) is 4.78. The number of thiazole rings is 1. The minimum atomic E-state index is -1.06. The molecule has 0 aliphatic heterocycles. The Morgan fingerprint density at radius 1 is 1.35 bits per heavy atom. The molecule has 0 atom stereocenters. The molecule has 0 saturated heterocycles. The van der Waals surface area contributed by atoms with Gasteiger partial charge in [0, 0.05) is 23.7 Å².